The molecule has 1 atom stereocenters. The van der Waals surface area contributed by atoms with E-state index in [9.17, 15) is 5.11 Å². The molecular formula is C12H21N3O2. The van der Waals surface area contributed by atoms with Crippen LogP contribution >= 0.6 is 0 Å². The van der Waals surface area contributed by atoms with Crippen LogP contribution in [-0.2, 0) is 16.9 Å². The van der Waals surface area contributed by atoms with Crippen molar-refractivity contribution in [3.05, 3.63) is 11.9 Å². The highest BCUT2D eigenvalue weighted by Gasteiger charge is 2.32. The van der Waals surface area contributed by atoms with E-state index < -0.39 is 5.60 Å². The topological polar surface area (TPSA) is 60.2 Å². The van der Waals surface area contributed by atoms with Crippen LogP contribution < -0.4 is 0 Å². The molecule has 5 nitrogen and oxygen atoms in total. The van der Waals surface area contributed by atoms with Crippen molar-refractivity contribution >= 4 is 0 Å². The van der Waals surface area contributed by atoms with Crippen LogP contribution in [0.1, 0.15) is 46.2 Å². The van der Waals surface area contributed by atoms with Crippen LogP contribution in [0.3, 0.4) is 0 Å². The first kappa shape index (κ1) is 12.5. The molecule has 1 aromatic rings. The Balaban J connectivity index is 1.99. The molecule has 1 N–H and O–H groups in total. The van der Waals surface area contributed by atoms with Crippen molar-refractivity contribution in [1.82, 2.24) is 15.0 Å². The summed E-state index contributed by atoms with van der Waals surface area (Å²) in [6.45, 7) is 8.33. The smallest absolute Gasteiger partial charge is 0.114 e. The number of ether oxygens (including phenoxy) is 1. The highest BCUT2D eigenvalue weighted by Crippen LogP contribution is 2.30. The quantitative estimate of drug-likeness (QED) is 0.867. The lowest BCUT2D eigenvalue weighted by Crippen LogP contribution is -2.23. The van der Waals surface area contributed by atoms with Crippen LogP contribution in [0, 0.1) is 0 Å². The molecule has 1 unspecified atom stereocenters. The first-order valence-electron chi connectivity index (χ1n) is 6.07. The van der Waals surface area contributed by atoms with Crippen LogP contribution in [0.2, 0.25) is 0 Å². The number of hydrogen-bond donors (Lipinski definition) is 1. The van der Waals surface area contributed by atoms with Crippen molar-refractivity contribution in [3.63, 3.8) is 0 Å². The lowest BCUT2D eigenvalue weighted by molar-refractivity contribution is -0.0232. The summed E-state index contributed by atoms with van der Waals surface area (Å²) in [5.74, 6) is 0. The number of hydrogen-bond acceptors (Lipinski definition) is 4. The maximum absolute atomic E-state index is 9.80. The maximum Gasteiger partial charge on any atom is 0.114 e. The minimum atomic E-state index is -0.936. The minimum absolute atomic E-state index is 0.0235. The third-order valence-electron chi connectivity index (χ3n) is 3.11. The molecule has 96 valence electrons. The zero-order chi connectivity index (χ0) is 12.7. The Kier molecular flexibility index (Phi) is 2.99. The molecule has 1 fully saturated rings. The van der Waals surface area contributed by atoms with Crippen LogP contribution in [0.25, 0.3) is 0 Å². The van der Waals surface area contributed by atoms with E-state index in [1.54, 1.807) is 24.7 Å². The van der Waals surface area contributed by atoms with E-state index in [1.807, 2.05) is 0 Å². The Bertz CT molecular complexity index is 393. The molecule has 0 bridgehead atoms. The maximum atomic E-state index is 9.80. The second kappa shape index (κ2) is 4.07. The molecule has 2 rings (SSSR count). The average molecular weight is 239 g/mol. The van der Waals surface area contributed by atoms with Gasteiger partial charge < -0.3 is 9.84 Å². The summed E-state index contributed by atoms with van der Waals surface area (Å²) in [5, 5.41) is 17.8. The molecule has 0 radical (unpaired) electrons. The summed E-state index contributed by atoms with van der Waals surface area (Å²) >= 11 is 0. The Hall–Kier alpha value is -0.940. The van der Waals surface area contributed by atoms with Gasteiger partial charge in [0.25, 0.3) is 0 Å². The number of aliphatic hydroxyl groups is 1. The van der Waals surface area contributed by atoms with E-state index in [-0.39, 0.29) is 11.7 Å². The van der Waals surface area contributed by atoms with Gasteiger partial charge in [-0.2, -0.15) is 0 Å². The summed E-state index contributed by atoms with van der Waals surface area (Å²) < 4.78 is 7.65. The fourth-order valence-corrected chi connectivity index (χ4v) is 2.08. The Morgan fingerprint density at radius 2 is 2.29 bits per heavy atom. The van der Waals surface area contributed by atoms with Crippen molar-refractivity contribution in [2.75, 3.05) is 0 Å². The summed E-state index contributed by atoms with van der Waals surface area (Å²) in [7, 11) is 0. The van der Waals surface area contributed by atoms with Crippen molar-refractivity contribution in [1.29, 1.82) is 0 Å². The summed E-state index contributed by atoms with van der Waals surface area (Å²) in [6, 6.07) is 0. The van der Waals surface area contributed by atoms with Gasteiger partial charge in [-0.05, 0) is 40.5 Å². The van der Waals surface area contributed by atoms with Gasteiger partial charge in [0, 0.05) is 0 Å². The molecule has 0 aromatic carbocycles. The first-order valence-corrected chi connectivity index (χ1v) is 6.07. The summed E-state index contributed by atoms with van der Waals surface area (Å²) in [4.78, 5) is 0. The van der Waals surface area contributed by atoms with Crippen molar-refractivity contribution in [3.8, 4) is 0 Å². The zero-order valence-corrected chi connectivity index (χ0v) is 11.0. The molecule has 1 saturated heterocycles. The molecule has 0 saturated carbocycles. The molecular weight excluding hydrogens is 218 g/mol. The highest BCUT2D eigenvalue weighted by atomic mass is 16.5. The zero-order valence-electron chi connectivity index (χ0n) is 11.0. The van der Waals surface area contributed by atoms with E-state index in [4.69, 9.17) is 4.74 Å². The van der Waals surface area contributed by atoms with Gasteiger partial charge in [-0.1, -0.05) is 5.21 Å². The molecule has 17 heavy (non-hydrogen) atoms. The van der Waals surface area contributed by atoms with Gasteiger partial charge in [0.05, 0.1) is 24.4 Å². The van der Waals surface area contributed by atoms with Crippen LogP contribution in [0.4, 0.5) is 0 Å². The van der Waals surface area contributed by atoms with Gasteiger partial charge in [0.1, 0.15) is 11.3 Å². The van der Waals surface area contributed by atoms with Crippen molar-refractivity contribution < 1.29 is 9.84 Å². The van der Waals surface area contributed by atoms with Crippen molar-refractivity contribution in [2.24, 2.45) is 0 Å². The third-order valence-corrected chi connectivity index (χ3v) is 3.11. The first-order chi connectivity index (χ1) is 7.76. The molecule has 5 heteroatoms. The number of nitrogens with zero attached hydrogens (tertiary/aromatic N) is 3. The lowest BCUT2D eigenvalue weighted by Gasteiger charge is -2.19. The van der Waals surface area contributed by atoms with E-state index in [0.717, 1.165) is 12.8 Å². The van der Waals surface area contributed by atoms with Gasteiger partial charge in [-0.15, -0.1) is 5.10 Å². The Morgan fingerprint density at radius 3 is 2.76 bits per heavy atom. The van der Waals surface area contributed by atoms with E-state index in [1.165, 1.54) is 0 Å². The van der Waals surface area contributed by atoms with Crippen LogP contribution in [0.5, 0.6) is 0 Å². The van der Waals surface area contributed by atoms with Gasteiger partial charge in [0.2, 0.25) is 0 Å². The average Bonchev–Trinajstić information content (AvgIpc) is 2.72. The molecule has 1 aliphatic rings. The molecule has 1 aliphatic heterocycles. The third kappa shape index (κ3) is 3.04. The van der Waals surface area contributed by atoms with Gasteiger partial charge in [0.15, 0.2) is 0 Å². The number of rotatable bonds is 3. The molecule has 0 spiro atoms. The summed E-state index contributed by atoms with van der Waals surface area (Å²) in [5.41, 5.74) is -0.368. The largest absolute Gasteiger partial charge is 0.384 e. The molecule has 2 heterocycles. The lowest BCUT2D eigenvalue weighted by atomic mass is 10.1. The second-order valence-electron chi connectivity index (χ2n) is 5.92. The van der Waals surface area contributed by atoms with Gasteiger partial charge >= 0.3 is 0 Å². The van der Waals surface area contributed by atoms with Crippen LogP contribution in [-0.4, -0.2) is 31.8 Å². The minimum Gasteiger partial charge on any atom is -0.384 e. The fraction of sp³-hybridized carbons (Fsp3) is 0.833. The van der Waals surface area contributed by atoms with E-state index in [2.05, 4.69) is 24.2 Å². The van der Waals surface area contributed by atoms with Gasteiger partial charge in [-0.25, -0.2) is 4.68 Å². The predicted molar refractivity (Wildman–Crippen MR) is 63.5 cm³/mol. The van der Waals surface area contributed by atoms with Crippen LogP contribution in [0.15, 0.2) is 6.20 Å². The number of aromatic nitrogens is 3. The fourth-order valence-electron chi connectivity index (χ4n) is 2.08. The highest BCUT2D eigenvalue weighted by molar-refractivity contribution is 5.02. The summed E-state index contributed by atoms with van der Waals surface area (Å²) in [6.07, 6.45) is 4.10. The van der Waals surface area contributed by atoms with E-state index in [0.29, 0.717) is 12.2 Å². The molecule has 1 aromatic heterocycles. The van der Waals surface area contributed by atoms with Gasteiger partial charge in [-0.3, -0.25) is 0 Å². The van der Waals surface area contributed by atoms with Crippen molar-refractivity contribution in [2.45, 2.75) is 64.4 Å². The molecule has 0 amide bonds. The SMILES string of the molecule is CC1(C)CCC(Cn2cc(C(C)(C)O)nn2)O1. The second-order valence-corrected chi connectivity index (χ2v) is 5.92. The molecule has 0 aliphatic carbocycles. The normalized spacial score (nSPS) is 24.2. The Labute approximate surface area is 102 Å². The predicted octanol–water partition coefficient (Wildman–Crippen LogP) is 1.46. The standard InChI is InChI=1S/C12H21N3O2/c1-11(2)6-5-9(17-11)7-15-8-10(13-14-15)12(3,4)16/h8-9,16H,5-7H2,1-4H3. The Morgan fingerprint density at radius 1 is 1.59 bits per heavy atom. The monoisotopic (exact) mass is 239 g/mol. The van der Waals surface area contributed by atoms with E-state index >= 15 is 0 Å².